The highest BCUT2D eigenvalue weighted by molar-refractivity contribution is 7.22. The van der Waals surface area contributed by atoms with E-state index in [2.05, 4.69) is 34.2 Å². The molecule has 7 aromatic rings. The number of aromatic nitrogens is 1. The number of anilines is 2. The van der Waals surface area contributed by atoms with Crippen LogP contribution in [0.25, 0.3) is 10.2 Å². The molecule has 1 spiro atoms. The molecule has 2 saturated heterocycles. The minimum Gasteiger partial charge on any atom is -0.508 e. The van der Waals surface area contributed by atoms with Crippen LogP contribution < -0.4 is 10.2 Å². The van der Waals surface area contributed by atoms with Gasteiger partial charge in [0.15, 0.2) is 5.13 Å². The van der Waals surface area contributed by atoms with Crippen LogP contribution in [0.4, 0.5) is 15.6 Å². The van der Waals surface area contributed by atoms with E-state index in [0.717, 1.165) is 20.7 Å². The fourth-order valence-electron chi connectivity index (χ4n) is 10.2. The molecule has 4 heterocycles. The summed E-state index contributed by atoms with van der Waals surface area (Å²) in [6.45, 7) is 0.958. The lowest BCUT2D eigenvalue weighted by atomic mass is 9.65. The van der Waals surface area contributed by atoms with Gasteiger partial charge in [0, 0.05) is 19.2 Å². The van der Waals surface area contributed by atoms with Crippen LogP contribution in [-0.4, -0.2) is 83.7 Å². The lowest BCUT2D eigenvalue weighted by Crippen LogP contribution is -2.54. The van der Waals surface area contributed by atoms with Gasteiger partial charge in [-0.1, -0.05) is 138 Å². The smallest absolute Gasteiger partial charge is 0.421 e. The summed E-state index contributed by atoms with van der Waals surface area (Å²) in [6, 6.07) is 44.5. The number of morpholine rings is 1. The first kappa shape index (κ1) is 45.1. The topological polar surface area (TPSA) is 151 Å². The summed E-state index contributed by atoms with van der Waals surface area (Å²) >= 11 is 1.25. The number of fused-ring (bicyclic) bond motifs is 4. The molecule has 3 aliphatic heterocycles. The number of nitrogens with one attached hydrogen (secondary N) is 1. The van der Waals surface area contributed by atoms with Crippen LogP contribution in [0.3, 0.4) is 0 Å². The second-order valence-corrected chi connectivity index (χ2v) is 18.3. The quantitative estimate of drug-likeness (QED) is 0.0730. The van der Waals surface area contributed by atoms with E-state index >= 15 is 14.4 Å². The summed E-state index contributed by atoms with van der Waals surface area (Å²) in [5.74, 6) is 2.74. The Balaban J connectivity index is 1.22. The second-order valence-electron chi connectivity index (χ2n) is 17.3. The summed E-state index contributed by atoms with van der Waals surface area (Å²) in [7, 11) is 3.44. The van der Waals surface area contributed by atoms with Crippen molar-refractivity contribution < 1.29 is 38.5 Å². The molecule has 3 amide bonds. The number of phenols is 1. The molecule has 10 rings (SSSR count). The summed E-state index contributed by atoms with van der Waals surface area (Å²) in [6.07, 6.45) is -1.91. The monoisotopic (exact) mass is 937 g/mol. The Labute approximate surface area is 402 Å². The molecule has 0 aliphatic carbocycles. The van der Waals surface area contributed by atoms with Gasteiger partial charge in [-0.15, -0.1) is 0 Å². The minimum atomic E-state index is -2.06. The number of amides is 3. The summed E-state index contributed by atoms with van der Waals surface area (Å²) < 4.78 is 18.3. The maximum atomic E-state index is 16.4. The molecule has 14 heteroatoms. The largest absolute Gasteiger partial charge is 0.508 e. The van der Waals surface area contributed by atoms with Crippen LogP contribution in [0.5, 0.6) is 5.75 Å². The zero-order valence-electron chi connectivity index (χ0n) is 37.7. The van der Waals surface area contributed by atoms with Crippen molar-refractivity contribution in [3.05, 3.63) is 191 Å². The predicted octanol–water partition coefficient (Wildman–Crippen LogP) is 8.57. The van der Waals surface area contributed by atoms with E-state index in [1.807, 2.05) is 115 Å². The lowest BCUT2D eigenvalue weighted by Gasteiger charge is -2.46. The first-order valence-electron chi connectivity index (χ1n) is 22.6. The van der Waals surface area contributed by atoms with Gasteiger partial charge in [0.2, 0.25) is 11.8 Å². The maximum absolute atomic E-state index is 16.4. The normalized spacial score (nSPS) is 21.7. The van der Waals surface area contributed by atoms with Gasteiger partial charge in [0.05, 0.1) is 47.1 Å². The van der Waals surface area contributed by atoms with E-state index in [1.165, 1.54) is 30.6 Å². The molecule has 0 radical (unpaired) electrons. The predicted molar refractivity (Wildman–Crippen MR) is 261 cm³/mol. The van der Waals surface area contributed by atoms with E-state index in [9.17, 15) is 9.90 Å². The van der Waals surface area contributed by atoms with Crippen LogP contribution in [0.1, 0.15) is 51.6 Å². The minimum absolute atomic E-state index is 0.0383. The first-order valence-corrected chi connectivity index (χ1v) is 23.4. The van der Waals surface area contributed by atoms with Crippen LogP contribution in [0, 0.1) is 17.8 Å². The SMILES string of the molecule is COCCOC(=O)N1C(=O)[C@@]2(c3cc(C#CCN(C)Cc4ccccc4)ccc31)[C@H](c1ccc(O)cc1)N1[C@H](c3ccccc3)[C@H](c3ccccc3)OC(=O)[C@H]1[C@@H]2C(=O)Nc1nc2ccccc2s1. The summed E-state index contributed by atoms with van der Waals surface area (Å²) in [4.78, 5) is 71.8. The third kappa shape index (κ3) is 8.29. The fourth-order valence-corrected chi connectivity index (χ4v) is 11.1. The number of thiazole rings is 1. The number of imide groups is 1. The van der Waals surface area contributed by atoms with Crippen LogP contribution in [0.2, 0.25) is 0 Å². The lowest BCUT2D eigenvalue weighted by molar-refractivity contribution is -0.177. The number of aromatic hydroxyl groups is 1. The molecule has 3 aliphatic rings. The molecule has 2 fully saturated rings. The van der Waals surface area contributed by atoms with Gasteiger partial charge in [0.25, 0.3) is 0 Å². The summed E-state index contributed by atoms with van der Waals surface area (Å²) in [5, 5.41) is 14.0. The van der Waals surface area contributed by atoms with Crippen molar-refractivity contribution in [1.82, 2.24) is 14.8 Å². The van der Waals surface area contributed by atoms with Crippen LogP contribution >= 0.6 is 11.3 Å². The van der Waals surface area contributed by atoms with E-state index in [0.29, 0.717) is 35.3 Å². The molecular weight excluding hydrogens is 891 g/mol. The molecule has 346 valence electrons. The molecule has 0 saturated carbocycles. The Morgan fingerprint density at radius 2 is 1.51 bits per heavy atom. The van der Waals surface area contributed by atoms with Gasteiger partial charge in [-0.25, -0.2) is 14.7 Å². The molecule has 6 aromatic carbocycles. The number of cyclic esters (lactones) is 1. The standard InChI is InChI=1S/C55H47N5O8S/c1-58(34-36-15-6-3-7-16-36)30-14-17-35-24-29-43-41(33-35)55(52(64)59(43)54(65)67-32-31-66-2)45(50(62)57-53-56-42-22-12-13-23-44(42)69-53)47-51(63)68-48(38-20-10-5-11-21-38)46(37-18-8-4-9-19-37)60(47)49(55)39-25-27-40(61)28-26-39/h3-13,15-16,18-29,33,45-49,61H,30-32,34H2,1-2H3,(H,56,57,62)/t45-,46-,47-,48+,49+,55-/m1/s1. The Kier molecular flexibility index (Phi) is 12.5. The van der Waals surface area contributed by atoms with Gasteiger partial charge in [0.1, 0.15) is 29.9 Å². The molecule has 0 unspecified atom stereocenters. The van der Waals surface area contributed by atoms with Crippen molar-refractivity contribution in [2.45, 2.75) is 36.2 Å². The number of carbonyl (C=O) groups is 4. The number of carbonyl (C=O) groups excluding carboxylic acids is 4. The average molecular weight is 938 g/mol. The van der Waals surface area contributed by atoms with Gasteiger partial charge in [-0.2, -0.15) is 0 Å². The van der Waals surface area contributed by atoms with E-state index in [-0.39, 0.29) is 35.3 Å². The van der Waals surface area contributed by atoms with E-state index in [4.69, 9.17) is 19.2 Å². The van der Waals surface area contributed by atoms with Crippen molar-refractivity contribution in [3.63, 3.8) is 0 Å². The number of rotatable bonds is 11. The Hall–Kier alpha value is -7.67. The maximum Gasteiger partial charge on any atom is 0.421 e. The Bertz CT molecular complexity index is 3070. The van der Waals surface area contributed by atoms with Crippen molar-refractivity contribution >= 4 is 56.2 Å². The number of hydrogen-bond donors (Lipinski definition) is 2. The number of nitrogens with zero attached hydrogens (tertiary/aromatic N) is 4. The zero-order chi connectivity index (χ0) is 47.6. The third-order valence-corrected chi connectivity index (χ3v) is 14.0. The molecule has 13 nitrogen and oxygen atoms in total. The first-order chi connectivity index (χ1) is 33.7. The molecular formula is C55H47N5O8S. The molecule has 6 atom stereocenters. The van der Waals surface area contributed by atoms with Gasteiger partial charge in [-0.3, -0.25) is 24.2 Å². The zero-order valence-corrected chi connectivity index (χ0v) is 38.5. The number of esters is 1. The fraction of sp³-hybridized carbons (Fsp3) is 0.218. The Morgan fingerprint density at radius 3 is 2.22 bits per heavy atom. The number of phenolic OH excluding ortho intramolecular Hbond substituents is 1. The van der Waals surface area contributed by atoms with Gasteiger partial charge >= 0.3 is 12.1 Å². The van der Waals surface area contributed by atoms with Crippen molar-refractivity contribution in [2.75, 3.05) is 44.1 Å². The third-order valence-electron chi connectivity index (χ3n) is 13.0. The van der Waals surface area contributed by atoms with Crippen molar-refractivity contribution in [2.24, 2.45) is 5.92 Å². The average Bonchev–Trinajstić information content (AvgIpc) is 4.00. The van der Waals surface area contributed by atoms with Crippen LogP contribution in [0.15, 0.2) is 158 Å². The second kappa shape index (κ2) is 19.1. The number of methoxy groups -OCH3 is 1. The van der Waals surface area contributed by atoms with Gasteiger partial charge in [-0.05, 0) is 77.3 Å². The highest BCUT2D eigenvalue weighted by Crippen LogP contribution is 2.66. The number of para-hydroxylation sites is 1. The van der Waals surface area contributed by atoms with Crippen molar-refractivity contribution in [1.29, 1.82) is 0 Å². The Morgan fingerprint density at radius 1 is 0.826 bits per heavy atom. The number of benzene rings is 6. The highest BCUT2D eigenvalue weighted by Gasteiger charge is 2.76. The molecule has 69 heavy (non-hydrogen) atoms. The van der Waals surface area contributed by atoms with Crippen LogP contribution in [-0.2, 0) is 40.6 Å². The number of ether oxygens (including phenoxy) is 3. The van der Waals surface area contributed by atoms with E-state index in [1.54, 1.807) is 30.3 Å². The molecule has 2 N–H and O–H groups in total. The van der Waals surface area contributed by atoms with Gasteiger partial charge < -0.3 is 24.6 Å². The van der Waals surface area contributed by atoms with E-state index < -0.39 is 59.4 Å². The summed E-state index contributed by atoms with van der Waals surface area (Å²) in [5.41, 5.74) is 2.61. The number of hydrogen-bond acceptors (Lipinski definition) is 12. The van der Waals surface area contributed by atoms with Crippen molar-refractivity contribution in [3.8, 4) is 17.6 Å². The molecule has 0 bridgehead atoms. The molecule has 1 aromatic heterocycles. The highest BCUT2D eigenvalue weighted by atomic mass is 32.1.